The van der Waals surface area contributed by atoms with Crippen LogP contribution in [0.3, 0.4) is 0 Å². The van der Waals surface area contributed by atoms with Gasteiger partial charge in [0.2, 0.25) is 0 Å². The zero-order valence-electron chi connectivity index (χ0n) is 10.4. The van der Waals surface area contributed by atoms with Gasteiger partial charge in [-0.25, -0.2) is 0 Å². The van der Waals surface area contributed by atoms with E-state index in [9.17, 15) is 0 Å². The Hall–Kier alpha value is -1.26. The first-order chi connectivity index (χ1) is 8.24. The summed E-state index contributed by atoms with van der Waals surface area (Å²) in [5, 5.41) is 0. The van der Waals surface area contributed by atoms with Crippen molar-refractivity contribution in [1.82, 2.24) is 0 Å². The molecule has 1 heterocycles. The molecule has 0 unspecified atom stereocenters. The molecular weight excluding hydrogens is 220 g/mol. The van der Waals surface area contributed by atoms with Gasteiger partial charge in [-0.15, -0.1) is 0 Å². The second-order valence-corrected chi connectivity index (χ2v) is 4.04. The third-order valence-corrected chi connectivity index (χ3v) is 2.81. The van der Waals surface area contributed by atoms with E-state index in [0.29, 0.717) is 6.61 Å². The van der Waals surface area contributed by atoms with Crippen LogP contribution in [0.2, 0.25) is 0 Å². The number of hydrogen-bond acceptors (Lipinski definition) is 4. The minimum atomic E-state index is -0.0138. The molecule has 0 N–H and O–H groups in total. The molecule has 4 heteroatoms. The molecule has 1 aliphatic rings. The first-order valence-corrected chi connectivity index (χ1v) is 5.69. The van der Waals surface area contributed by atoms with Gasteiger partial charge in [0.05, 0.1) is 33.5 Å². The molecule has 1 fully saturated rings. The third-order valence-electron chi connectivity index (χ3n) is 2.81. The van der Waals surface area contributed by atoms with E-state index in [1.165, 1.54) is 0 Å². The van der Waals surface area contributed by atoms with Crippen LogP contribution < -0.4 is 9.47 Å². The summed E-state index contributed by atoms with van der Waals surface area (Å²) in [7, 11) is 3.29. The van der Waals surface area contributed by atoms with E-state index in [0.717, 1.165) is 23.7 Å². The summed E-state index contributed by atoms with van der Waals surface area (Å²) in [5.41, 5.74) is 1.02. The number of ether oxygens (including phenoxy) is 4. The number of methoxy groups -OCH3 is 2. The summed E-state index contributed by atoms with van der Waals surface area (Å²) in [5.74, 6) is 1.57. The molecular formula is C13H18O4. The molecule has 2 rings (SSSR count). The number of benzene rings is 1. The summed E-state index contributed by atoms with van der Waals surface area (Å²) >= 11 is 0. The lowest BCUT2D eigenvalue weighted by atomic mass is 10.1. The predicted octanol–water partition coefficient (Wildman–Crippen LogP) is 2.18. The van der Waals surface area contributed by atoms with Gasteiger partial charge in [-0.2, -0.15) is 0 Å². The SMILES string of the molecule is COc1ccc([C@H](C)OC[C@@H]2CO2)c(OC)c1. The monoisotopic (exact) mass is 238 g/mol. The van der Waals surface area contributed by atoms with Crippen LogP contribution in [0.5, 0.6) is 11.5 Å². The highest BCUT2D eigenvalue weighted by molar-refractivity contribution is 5.41. The van der Waals surface area contributed by atoms with E-state index in [1.54, 1.807) is 14.2 Å². The van der Waals surface area contributed by atoms with Gasteiger partial charge in [0.1, 0.15) is 17.6 Å². The van der Waals surface area contributed by atoms with Crippen molar-refractivity contribution in [3.8, 4) is 11.5 Å². The molecule has 0 bridgehead atoms. The fraction of sp³-hybridized carbons (Fsp3) is 0.538. The molecule has 1 aromatic rings. The highest BCUT2D eigenvalue weighted by Gasteiger charge is 2.24. The topological polar surface area (TPSA) is 40.2 Å². The van der Waals surface area contributed by atoms with Gasteiger partial charge in [-0.05, 0) is 19.1 Å². The zero-order chi connectivity index (χ0) is 12.3. The predicted molar refractivity (Wildman–Crippen MR) is 63.7 cm³/mol. The lowest BCUT2D eigenvalue weighted by Gasteiger charge is -2.16. The standard InChI is InChI=1S/C13H18O4/c1-9(16-7-11-8-17-11)12-5-4-10(14-2)6-13(12)15-3/h4-6,9,11H,7-8H2,1-3H3/t9-,11+/m0/s1. The van der Waals surface area contributed by atoms with Crippen LogP contribution in [0.1, 0.15) is 18.6 Å². The van der Waals surface area contributed by atoms with Gasteiger partial charge in [0, 0.05) is 11.6 Å². The Balaban J connectivity index is 2.06. The van der Waals surface area contributed by atoms with Gasteiger partial charge >= 0.3 is 0 Å². The summed E-state index contributed by atoms with van der Waals surface area (Å²) in [4.78, 5) is 0. The average Bonchev–Trinajstić information content (AvgIpc) is 3.19. The minimum Gasteiger partial charge on any atom is -0.497 e. The summed E-state index contributed by atoms with van der Waals surface area (Å²) in [6, 6.07) is 5.74. The van der Waals surface area contributed by atoms with Crippen LogP contribution in [0, 0.1) is 0 Å². The lowest BCUT2D eigenvalue weighted by molar-refractivity contribution is 0.0524. The van der Waals surface area contributed by atoms with Crippen molar-refractivity contribution in [2.75, 3.05) is 27.4 Å². The fourth-order valence-corrected chi connectivity index (χ4v) is 1.66. The van der Waals surface area contributed by atoms with E-state index < -0.39 is 0 Å². The van der Waals surface area contributed by atoms with Gasteiger partial charge in [0.25, 0.3) is 0 Å². The Bertz CT molecular complexity index is 374. The molecule has 4 nitrogen and oxygen atoms in total. The molecule has 1 aromatic carbocycles. The van der Waals surface area contributed by atoms with Crippen molar-refractivity contribution < 1.29 is 18.9 Å². The Kier molecular flexibility index (Phi) is 3.86. The van der Waals surface area contributed by atoms with Gasteiger partial charge in [-0.1, -0.05) is 0 Å². The molecule has 0 aromatic heterocycles. The lowest BCUT2D eigenvalue weighted by Crippen LogP contribution is -2.07. The minimum absolute atomic E-state index is 0.0138. The van der Waals surface area contributed by atoms with E-state index in [2.05, 4.69) is 0 Å². The molecule has 0 saturated carbocycles. The highest BCUT2D eigenvalue weighted by Crippen LogP contribution is 2.31. The van der Waals surface area contributed by atoms with Gasteiger partial charge in [-0.3, -0.25) is 0 Å². The largest absolute Gasteiger partial charge is 0.497 e. The maximum Gasteiger partial charge on any atom is 0.128 e. The normalized spacial score (nSPS) is 19.8. The maximum atomic E-state index is 5.72. The van der Waals surface area contributed by atoms with Crippen LogP contribution in [-0.4, -0.2) is 33.5 Å². The first-order valence-electron chi connectivity index (χ1n) is 5.69. The van der Waals surface area contributed by atoms with E-state index in [-0.39, 0.29) is 12.2 Å². The molecule has 0 amide bonds. The smallest absolute Gasteiger partial charge is 0.128 e. The third kappa shape index (κ3) is 3.11. The molecule has 17 heavy (non-hydrogen) atoms. The maximum absolute atomic E-state index is 5.72. The van der Waals surface area contributed by atoms with Gasteiger partial charge in [0.15, 0.2) is 0 Å². The Morgan fingerprint density at radius 1 is 1.35 bits per heavy atom. The van der Waals surface area contributed by atoms with Crippen molar-refractivity contribution in [2.45, 2.75) is 19.1 Å². The number of epoxide rings is 1. The van der Waals surface area contributed by atoms with Crippen molar-refractivity contribution in [1.29, 1.82) is 0 Å². The summed E-state index contributed by atoms with van der Waals surface area (Å²) < 4.78 is 21.3. The van der Waals surface area contributed by atoms with Crippen molar-refractivity contribution in [3.63, 3.8) is 0 Å². The molecule has 0 radical (unpaired) electrons. The average molecular weight is 238 g/mol. The van der Waals surface area contributed by atoms with Crippen LogP contribution in [0.15, 0.2) is 18.2 Å². The molecule has 0 spiro atoms. The number of hydrogen-bond donors (Lipinski definition) is 0. The fourth-order valence-electron chi connectivity index (χ4n) is 1.66. The van der Waals surface area contributed by atoms with Crippen molar-refractivity contribution >= 4 is 0 Å². The molecule has 1 aliphatic heterocycles. The Morgan fingerprint density at radius 3 is 2.71 bits per heavy atom. The van der Waals surface area contributed by atoms with E-state index in [1.807, 2.05) is 25.1 Å². The first kappa shape index (κ1) is 12.2. The Labute approximate surface area is 101 Å². The summed E-state index contributed by atoms with van der Waals surface area (Å²) in [6.07, 6.45) is 0.266. The Morgan fingerprint density at radius 2 is 2.12 bits per heavy atom. The second-order valence-electron chi connectivity index (χ2n) is 4.04. The van der Waals surface area contributed by atoms with Crippen LogP contribution in [0.4, 0.5) is 0 Å². The highest BCUT2D eigenvalue weighted by atomic mass is 16.6. The molecule has 2 atom stereocenters. The molecule has 0 aliphatic carbocycles. The van der Waals surface area contributed by atoms with Crippen LogP contribution >= 0.6 is 0 Å². The van der Waals surface area contributed by atoms with Crippen LogP contribution in [-0.2, 0) is 9.47 Å². The quantitative estimate of drug-likeness (QED) is 0.712. The molecule has 94 valence electrons. The van der Waals surface area contributed by atoms with Crippen molar-refractivity contribution in [2.24, 2.45) is 0 Å². The zero-order valence-corrected chi connectivity index (χ0v) is 10.4. The molecule has 1 saturated heterocycles. The van der Waals surface area contributed by atoms with Crippen LogP contribution in [0.25, 0.3) is 0 Å². The van der Waals surface area contributed by atoms with E-state index in [4.69, 9.17) is 18.9 Å². The van der Waals surface area contributed by atoms with Crippen molar-refractivity contribution in [3.05, 3.63) is 23.8 Å². The van der Waals surface area contributed by atoms with E-state index >= 15 is 0 Å². The summed E-state index contributed by atoms with van der Waals surface area (Å²) in [6.45, 7) is 3.45. The number of rotatable bonds is 6. The van der Waals surface area contributed by atoms with Gasteiger partial charge < -0.3 is 18.9 Å². The second kappa shape index (κ2) is 5.38.